The number of nitrogens with zero attached hydrogens (tertiary/aromatic N) is 1. The van der Waals surface area contributed by atoms with Crippen LogP contribution in [0.15, 0.2) is 34.8 Å². The molecule has 0 saturated carbocycles. The van der Waals surface area contributed by atoms with Crippen molar-refractivity contribution in [2.75, 3.05) is 14.2 Å². The highest BCUT2D eigenvalue weighted by molar-refractivity contribution is 9.10. The molecule has 0 bridgehead atoms. The minimum absolute atomic E-state index is 0.489. The molecule has 0 spiro atoms. The van der Waals surface area contributed by atoms with Crippen molar-refractivity contribution in [1.29, 1.82) is 0 Å². The molecule has 0 unspecified atom stereocenters. The Labute approximate surface area is 120 Å². The summed E-state index contributed by atoms with van der Waals surface area (Å²) < 4.78 is 17.3. The normalized spacial score (nSPS) is 10.1. The number of halogens is 1. The molecular weight excluding hydrogens is 310 g/mol. The first-order valence-electron chi connectivity index (χ1n) is 5.67. The number of aryl methyl sites for hydroxylation is 1. The molecule has 0 aliphatic carbocycles. The number of pyridine rings is 1. The van der Waals surface area contributed by atoms with Gasteiger partial charge in [0.15, 0.2) is 11.5 Å². The van der Waals surface area contributed by atoms with Crippen molar-refractivity contribution in [3.05, 3.63) is 40.5 Å². The van der Waals surface area contributed by atoms with Crippen LogP contribution in [-0.2, 0) is 0 Å². The second kappa shape index (κ2) is 5.93. The second-order valence-electron chi connectivity index (χ2n) is 3.81. The van der Waals surface area contributed by atoms with Gasteiger partial charge in [-0.15, -0.1) is 0 Å². The van der Waals surface area contributed by atoms with E-state index in [1.54, 1.807) is 20.3 Å². The molecular formula is C14H14BrNO3. The van der Waals surface area contributed by atoms with Crippen LogP contribution >= 0.6 is 15.9 Å². The van der Waals surface area contributed by atoms with Crippen molar-refractivity contribution < 1.29 is 14.2 Å². The third-order valence-electron chi connectivity index (χ3n) is 2.59. The Kier molecular flexibility index (Phi) is 4.27. The molecule has 0 aliphatic rings. The lowest BCUT2D eigenvalue weighted by Crippen LogP contribution is -1.96. The first kappa shape index (κ1) is 13.7. The van der Waals surface area contributed by atoms with Crippen molar-refractivity contribution in [2.24, 2.45) is 0 Å². The van der Waals surface area contributed by atoms with Crippen LogP contribution < -0.4 is 14.2 Å². The van der Waals surface area contributed by atoms with Crippen LogP contribution in [0.4, 0.5) is 0 Å². The molecule has 19 heavy (non-hydrogen) atoms. The minimum atomic E-state index is 0.489. The van der Waals surface area contributed by atoms with Crippen molar-refractivity contribution in [1.82, 2.24) is 4.98 Å². The molecule has 5 heteroatoms. The van der Waals surface area contributed by atoms with Gasteiger partial charge in [-0.05, 0) is 41.1 Å². The van der Waals surface area contributed by atoms with Crippen LogP contribution in [-0.4, -0.2) is 19.2 Å². The molecule has 0 saturated heterocycles. The molecule has 0 fully saturated rings. The van der Waals surface area contributed by atoms with E-state index in [1.807, 2.05) is 31.2 Å². The molecule has 1 aromatic heterocycles. The SMILES string of the molecule is COc1cccc(OC)c1Oc1ccc(Br)c(C)n1. The van der Waals surface area contributed by atoms with Crippen LogP contribution in [0.25, 0.3) is 0 Å². The van der Waals surface area contributed by atoms with Crippen LogP contribution in [0, 0.1) is 6.92 Å². The van der Waals surface area contributed by atoms with Gasteiger partial charge in [0, 0.05) is 10.5 Å². The van der Waals surface area contributed by atoms with E-state index < -0.39 is 0 Å². The summed E-state index contributed by atoms with van der Waals surface area (Å²) in [7, 11) is 3.17. The average Bonchev–Trinajstić information content (AvgIpc) is 2.43. The number of hydrogen-bond acceptors (Lipinski definition) is 4. The average molecular weight is 324 g/mol. The lowest BCUT2D eigenvalue weighted by molar-refractivity contribution is 0.341. The number of para-hydroxylation sites is 1. The van der Waals surface area contributed by atoms with Crippen molar-refractivity contribution >= 4 is 15.9 Å². The highest BCUT2D eigenvalue weighted by Gasteiger charge is 2.13. The molecule has 1 aromatic carbocycles. The molecule has 0 aliphatic heterocycles. The largest absolute Gasteiger partial charge is 0.493 e. The zero-order valence-corrected chi connectivity index (χ0v) is 12.5. The molecule has 0 radical (unpaired) electrons. The number of aromatic nitrogens is 1. The van der Waals surface area contributed by atoms with Gasteiger partial charge in [-0.1, -0.05) is 6.07 Å². The van der Waals surface area contributed by atoms with Crippen LogP contribution in [0.1, 0.15) is 5.69 Å². The van der Waals surface area contributed by atoms with Crippen molar-refractivity contribution in [3.63, 3.8) is 0 Å². The predicted molar refractivity (Wildman–Crippen MR) is 76.3 cm³/mol. The Morgan fingerprint density at radius 3 is 2.16 bits per heavy atom. The monoisotopic (exact) mass is 323 g/mol. The summed E-state index contributed by atoms with van der Waals surface area (Å²) in [6.45, 7) is 1.90. The number of hydrogen-bond donors (Lipinski definition) is 0. The molecule has 0 amide bonds. The van der Waals surface area contributed by atoms with Crippen LogP contribution in [0.3, 0.4) is 0 Å². The second-order valence-corrected chi connectivity index (χ2v) is 4.66. The van der Waals surface area contributed by atoms with E-state index in [2.05, 4.69) is 20.9 Å². The summed E-state index contributed by atoms with van der Waals surface area (Å²) >= 11 is 3.40. The fourth-order valence-electron chi connectivity index (χ4n) is 1.60. The summed E-state index contributed by atoms with van der Waals surface area (Å²) in [4.78, 5) is 4.34. The Bertz CT molecular complexity index is 565. The lowest BCUT2D eigenvalue weighted by Gasteiger charge is -2.13. The Morgan fingerprint density at radius 1 is 1.00 bits per heavy atom. The third-order valence-corrected chi connectivity index (χ3v) is 3.42. The van der Waals surface area contributed by atoms with Gasteiger partial charge in [0.2, 0.25) is 11.6 Å². The van der Waals surface area contributed by atoms with E-state index in [9.17, 15) is 0 Å². The zero-order chi connectivity index (χ0) is 13.8. The van der Waals surface area contributed by atoms with Gasteiger partial charge >= 0.3 is 0 Å². The van der Waals surface area contributed by atoms with Crippen LogP contribution in [0.2, 0.25) is 0 Å². The maximum atomic E-state index is 5.78. The maximum absolute atomic E-state index is 5.78. The molecule has 100 valence electrons. The molecule has 2 rings (SSSR count). The minimum Gasteiger partial charge on any atom is -0.493 e. The van der Waals surface area contributed by atoms with Crippen LogP contribution in [0.5, 0.6) is 23.1 Å². The van der Waals surface area contributed by atoms with E-state index in [4.69, 9.17) is 14.2 Å². The summed E-state index contributed by atoms with van der Waals surface area (Å²) in [6, 6.07) is 9.13. The smallest absolute Gasteiger partial charge is 0.219 e. The number of rotatable bonds is 4. The fraction of sp³-hybridized carbons (Fsp3) is 0.214. The van der Waals surface area contributed by atoms with Gasteiger partial charge < -0.3 is 14.2 Å². The number of methoxy groups -OCH3 is 2. The first-order chi connectivity index (χ1) is 9.15. The fourth-order valence-corrected chi connectivity index (χ4v) is 1.82. The summed E-state index contributed by atoms with van der Waals surface area (Å²) in [5.74, 6) is 2.20. The van der Waals surface area contributed by atoms with Gasteiger partial charge in [0.05, 0.1) is 19.9 Å². The van der Waals surface area contributed by atoms with E-state index in [1.165, 1.54) is 0 Å². The Balaban J connectivity index is 2.39. The number of ether oxygens (including phenoxy) is 3. The molecule has 4 nitrogen and oxygen atoms in total. The molecule has 0 atom stereocenters. The Morgan fingerprint density at radius 2 is 1.63 bits per heavy atom. The maximum Gasteiger partial charge on any atom is 0.219 e. The highest BCUT2D eigenvalue weighted by Crippen LogP contribution is 2.39. The van der Waals surface area contributed by atoms with E-state index in [0.29, 0.717) is 23.1 Å². The molecule has 1 heterocycles. The molecule has 0 N–H and O–H groups in total. The number of benzene rings is 1. The summed E-state index contributed by atoms with van der Waals surface area (Å²) in [6.07, 6.45) is 0. The van der Waals surface area contributed by atoms with E-state index in [0.717, 1.165) is 10.2 Å². The third kappa shape index (κ3) is 2.98. The lowest BCUT2D eigenvalue weighted by atomic mass is 10.3. The topological polar surface area (TPSA) is 40.6 Å². The standard InChI is InChI=1S/C14H14BrNO3/c1-9-10(15)7-8-13(16-9)19-14-11(17-2)5-4-6-12(14)18-3/h4-8H,1-3H3. The first-order valence-corrected chi connectivity index (χ1v) is 6.47. The summed E-state index contributed by atoms with van der Waals surface area (Å²) in [5, 5.41) is 0. The zero-order valence-electron chi connectivity index (χ0n) is 10.9. The van der Waals surface area contributed by atoms with Gasteiger partial charge in [-0.2, -0.15) is 0 Å². The van der Waals surface area contributed by atoms with Gasteiger partial charge in [-0.3, -0.25) is 0 Å². The highest BCUT2D eigenvalue weighted by atomic mass is 79.9. The summed E-state index contributed by atoms with van der Waals surface area (Å²) in [5.41, 5.74) is 0.853. The van der Waals surface area contributed by atoms with Gasteiger partial charge in [0.1, 0.15) is 0 Å². The quantitative estimate of drug-likeness (QED) is 0.853. The van der Waals surface area contributed by atoms with E-state index >= 15 is 0 Å². The Hall–Kier alpha value is -1.75. The predicted octanol–water partition coefficient (Wildman–Crippen LogP) is 3.96. The van der Waals surface area contributed by atoms with Crippen molar-refractivity contribution in [2.45, 2.75) is 6.92 Å². The van der Waals surface area contributed by atoms with Gasteiger partial charge in [0.25, 0.3) is 0 Å². The van der Waals surface area contributed by atoms with E-state index in [-0.39, 0.29) is 0 Å². The van der Waals surface area contributed by atoms with Gasteiger partial charge in [-0.25, -0.2) is 4.98 Å². The molecule has 2 aromatic rings. The van der Waals surface area contributed by atoms with Crippen molar-refractivity contribution in [3.8, 4) is 23.1 Å².